The topological polar surface area (TPSA) is 57.6 Å². The average molecular weight is 265 g/mol. The molecule has 1 N–H and O–H groups in total. The molecule has 96 valence electrons. The molecule has 1 amide bonds. The monoisotopic (exact) mass is 265 g/mol. The fourth-order valence-corrected chi connectivity index (χ4v) is 2.83. The number of hydrogen-bond acceptors (Lipinski definition) is 3. The van der Waals surface area contributed by atoms with Crippen LogP contribution in [0.4, 0.5) is 5.69 Å². The third kappa shape index (κ3) is 1.99. The zero-order chi connectivity index (χ0) is 13.5. The van der Waals surface area contributed by atoms with Crippen LogP contribution in [0.5, 0.6) is 0 Å². The van der Waals surface area contributed by atoms with E-state index >= 15 is 0 Å². The number of carbonyl (C=O) groups excluding carboxylic acids is 1. The van der Waals surface area contributed by atoms with Crippen molar-refractivity contribution in [2.24, 2.45) is 0 Å². The standard InChI is InChI=1S/C13H15NO3S/c1-13(2,12(16)17)8-4-5-9-10(6-8)18-7-11(15)14(9)3/h4-6H,7H2,1-3H3,(H,16,17). The number of thioether (sulfide) groups is 1. The summed E-state index contributed by atoms with van der Waals surface area (Å²) in [5.74, 6) is -0.383. The summed E-state index contributed by atoms with van der Waals surface area (Å²) in [6.45, 7) is 3.36. The van der Waals surface area contributed by atoms with Crippen molar-refractivity contribution in [2.45, 2.75) is 24.2 Å². The molecule has 1 heterocycles. The van der Waals surface area contributed by atoms with Gasteiger partial charge in [0.05, 0.1) is 16.9 Å². The predicted octanol–water partition coefficient (Wildman–Crippen LogP) is 2.12. The Balaban J connectivity index is 2.46. The lowest BCUT2D eigenvalue weighted by molar-refractivity contribution is -0.142. The number of carbonyl (C=O) groups is 2. The highest BCUT2D eigenvalue weighted by molar-refractivity contribution is 8.00. The van der Waals surface area contributed by atoms with Crippen molar-refractivity contribution < 1.29 is 14.7 Å². The quantitative estimate of drug-likeness (QED) is 0.890. The van der Waals surface area contributed by atoms with Gasteiger partial charge in [-0.25, -0.2) is 0 Å². The van der Waals surface area contributed by atoms with Gasteiger partial charge >= 0.3 is 5.97 Å². The van der Waals surface area contributed by atoms with Crippen LogP contribution in [-0.4, -0.2) is 29.8 Å². The highest BCUT2D eigenvalue weighted by Gasteiger charge is 2.31. The third-order valence-electron chi connectivity index (χ3n) is 3.30. The molecule has 0 aliphatic carbocycles. The molecule has 0 aromatic heterocycles. The van der Waals surface area contributed by atoms with Gasteiger partial charge in [-0.2, -0.15) is 0 Å². The second-order valence-electron chi connectivity index (χ2n) is 4.85. The number of rotatable bonds is 2. The molecule has 1 aliphatic heterocycles. The first-order valence-corrected chi connectivity index (χ1v) is 6.60. The first-order chi connectivity index (χ1) is 8.34. The Hall–Kier alpha value is -1.49. The van der Waals surface area contributed by atoms with Gasteiger partial charge in [0, 0.05) is 11.9 Å². The Morgan fingerprint density at radius 2 is 2.11 bits per heavy atom. The van der Waals surface area contributed by atoms with Crippen LogP contribution in [-0.2, 0) is 15.0 Å². The molecule has 1 aliphatic rings. The first kappa shape index (κ1) is 13.0. The van der Waals surface area contributed by atoms with E-state index in [4.69, 9.17) is 0 Å². The maximum absolute atomic E-state index is 11.6. The summed E-state index contributed by atoms with van der Waals surface area (Å²) in [4.78, 5) is 25.4. The Morgan fingerprint density at radius 1 is 1.44 bits per heavy atom. The number of hydrogen-bond donors (Lipinski definition) is 1. The largest absolute Gasteiger partial charge is 0.481 e. The van der Waals surface area contributed by atoms with Crippen LogP contribution in [0, 0.1) is 0 Å². The molecule has 4 nitrogen and oxygen atoms in total. The summed E-state index contributed by atoms with van der Waals surface area (Å²) in [5.41, 5.74) is 0.681. The van der Waals surface area contributed by atoms with Gasteiger partial charge in [0.25, 0.3) is 0 Å². The van der Waals surface area contributed by atoms with Crippen LogP contribution in [0.3, 0.4) is 0 Å². The van der Waals surface area contributed by atoms with Crippen molar-refractivity contribution in [3.05, 3.63) is 23.8 Å². The van der Waals surface area contributed by atoms with E-state index in [0.717, 1.165) is 16.1 Å². The van der Waals surface area contributed by atoms with Crippen molar-refractivity contribution in [3.63, 3.8) is 0 Å². The Labute approximate surface area is 110 Å². The van der Waals surface area contributed by atoms with Crippen molar-refractivity contribution in [1.82, 2.24) is 0 Å². The Kier molecular flexibility index (Phi) is 3.11. The molecule has 0 saturated heterocycles. The fourth-order valence-electron chi connectivity index (χ4n) is 1.79. The lowest BCUT2D eigenvalue weighted by Crippen LogP contribution is -2.32. The average Bonchev–Trinajstić information content (AvgIpc) is 2.33. The zero-order valence-corrected chi connectivity index (χ0v) is 11.4. The van der Waals surface area contributed by atoms with Crippen LogP contribution in [0.2, 0.25) is 0 Å². The molecule has 2 rings (SSSR count). The SMILES string of the molecule is CN1C(=O)CSc2cc(C(C)(C)C(=O)O)ccc21. The number of benzene rings is 1. The normalized spacial score (nSPS) is 15.5. The summed E-state index contributed by atoms with van der Waals surface area (Å²) in [7, 11) is 1.74. The van der Waals surface area contributed by atoms with Gasteiger partial charge < -0.3 is 10.0 Å². The second-order valence-corrected chi connectivity index (χ2v) is 5.87. The lowest BCUT2D eigenvalue weighted by atomic mass is 9.85. The highest BCUT2D eigenvalue weighted by Crippen LogP contribution is 2.37. The van der Waals surface area contributed by atoms with Crippen LogP contribution in [0.1, 0.15) is 19.4 Å². The molecule has 0 bridgehead atoms. The van der Waals surface area contributed by atoms with Gasteiger partial charge in [-0.1, -0.05) is 6.07 Å². The number of fused-ring (bicyclic) bond motifs is 1. The van der Waals surface area contributed by atoms with Crippen molar-refractivity contribution in [1.29, 1.82) is 0 Å². The molecule has 0 saturated carbocycles. The van der Waals surface area contributed by atoms with Crippen LogP contribution in [0.15, 0.2) is 23.1 Å². The van der Waals surface area contributed by atoms with Crippen molar-refractivity contribution >= 4 is 29.3 Å². The summed E-state index contributed by atoms with van der Waals surface area (Å²) >= 11 is 1.46. The number of aliphatic carboxylic acids is 1. The van der Waals surface area contributed by atoms with Crippen LogP contribution >= 0.6 is 11.8 Å². The fraction of sp³-hybridized carbons (Fsp3) is 0.385. The van der Waals surface area contributed by atoms with E-state index in [1.165, 1.54) is 11.8 Å². The minimum Gasteiger partial charge on any atom is -0.481 e. The Morgan fingerprint density at radius 3 is 2.72 bits per heavy atom. The van der Waals surface area contributed by atoms with E-state index in [-0.39, 0.29) is 5.91 Å². The smallest absolute Gasteiger partial charge is 0.313 e. The number of carboxylic acid groups (broad SMARTS) is 1. The number of carboxylic acids is 1. The van der Waals surface area contributed by atoms with E-state index in [0.29, 0.717) is 5.75 Å². The van der Waals surface area contributed by atoms with E-state index < -0.39 is 11.4 Å². The van der Waals surface area contributed by atoms with Gasteiger partial charge in [-0.15, -0.1) is 11.8 Å². The maximum atomic E-state index is 11.6. The number of anilines is 1. The van der Waals surface area contributed by atoms with Gasteiger partial charge in [-0.3, -0.25) is 9.59 Å². The first-order valence-electron chi connectivity index (χ1n) is 5.61. The van der Waals surface area contributed by atoms with E-state index in [9.17, 15) is 14.7 Å². The zero-order valence-electron chi connectivity index (χ0n) is 10.6. The molecule has 0 atom stereocenters. The molecule has 18 heavy (non-hydrogen) atoms. The van der Waals surface area contributed by atoms with Gasteiger partial charge in [-0.05, 0) is 31.5 Å². The minimum absolute atomic E-state index is 0.0674. The number of amides is 1. The predicted molar refractivity (Wildman–Crippen MR) is 71.2 cm³/mol. The molecule has 0 spiro atoms. The van der Waals surface area contributed by atoms with Gasteiger partial charge in [0.1, 0.15) is 0 Å². The van der Waals surface area contributed by atoms with Gasteiger partial charge in [0.2, 0.25) is 5.91 Å². The lowest BCUT2D eigenvalue weighted by Gasteiger charge is -2.27. The molecule has 1 aromatic carbocycles. The van der Waals surface area contributed by atoms with E-state index in [1.807, 2.05) is 12.1 Å². The molecule has 0 unspecified atom stereocenters. The summed E-state index contributed by atoms with van der Waals surface area (Å²) in [5, 5.41) is 9.22. The Bertz CT molecular complexity index is 525. The molecular formula is C13H15NO3S. The third-order valence-corrected chi connectivity index (χ3v) is 4.33. The number of nitrogens with zero attached hydrogens (tertiary/aromatic N) is 1. The highest BCUT2D eigenvalue weighted by atomic mass is 32.2. The summed E-state index contributed by atoms with van der Waals surface area (Å²) in [6.07, 6.45) is 0. The van der Waals surface area contributed by atoms with E-state index in [2.05, 4.69) is 0 Å². The molecular weight excluding hydrogens is 250 g/mol. The molecule has 1 aromatic rings. The maximum Gasteiger partial charge on any atom is 0.313 e. The molecule has 0 radical (unpaired) electrons. The summed E-state index contributed by atoms with van der Waals surface area (Å²) in [6, 6.07) is 5.47. The van der Waals surface area contributed by atoms with Crippen molar-refractivity contribution in [3.8, 4) is 0 Å². The van der Waals surface area contributed by atoms with Gasteiger partial charge in [0.15, 0.2) is 0 Å². The molecule has 0 fully saturated rings. The van der Waals surface area contributed by atoms with Crippen LogP contribution in [0.25, 0.3) is 0 Å². The molecule has 5 heteroatoms. The second kappa shape index (κ2) is 4.31. The minimum atomic E-state index is -0.921. The van der Waals surface area contributed by atoms with Crippen LogP contribution < -0.4 is 4.90 Å². The van der Waals surface area contributed by atoms with E-state index in [1.54, 1.807) is 31.9 Å². The van der Waals surface area contributed by atoms with Crippen molar-refractivity contribution in [2.75, 3.05) is 17.7 Å². The summed E-state index contributed by atoms with van der Waals surface area (Å²) < 4.78 is 0.